The summed E-state index contributed by atoms with van der Waals surface area (Å²) in [7, 11) is -2.23. The third-order valence-electron chi connectivity index (χ3n) is 3.12. The summed E-state index contributed by atoms with van der Waals surface area (Å²) in [5.74, 6) is -0.828. The highest BCUT2D eigenvalue weighted by atomic mass is 32.2. The van der Waals surface area contributed by atoms with Crippen molar-refractivity contribution in [2.45, 2.75) is 18.3 Å². The number of carboxylic acid groups (broad SMARTS) is 1. The highest BCUT2D eigenvalue weighted by Crippen LogP contribution is 2.48. The van der Waals surface area contributed by atoms with Crippen LogP contribution in [0.2, 0.25) is 0 Å². The fourth-order valence-corrected chi connectivity index (χ4v) is 2.36. The van der Waals surface area contributed by atoms with Crippen molar-refractivity contribution in [2.24, 2.45) is 0 Å². The maximum absolute atomic E-state index is 11.3. The van der Waals surface area contributed by atoms with Crippen LogP contribution < -0.4 is 9.44 Å². The average Bonchev–Trinajstić information content (AvgIpc) is 3.11. The number of hydrogen-bond donors (Lipinski definition) is 3. The van der Waals surface area contributed by atoms with E-state index in [1.165, 1.54) is 7.05 Å². The van der Waals surface area contributed by atoms with Gasteiger partial charge in [0.25, 0.3) is 10.2 Å². The zero-order chi connectivity index (χ0) is 13.4. The Morgan fingerprint density at radius 2 is 1.83 bits per heavy atom. The van der Waals surface area contributed by atoms with Gasteiger partial charge in [0.1, 0.15) is 0 Å². The molecule has 0 atom stereocenters. The van der Waals surface area contributed by atoms with Gasteiger partial charge in [-0.3, -0.25) is 9.52 Å². The van der Waals surface area contributed by atoms with Crippen LogP contribution in [-0.4, -0.2) is 26.5 Å². The molecule has 6 nitrogen and oxygen atoms in total. The van der Waals surface area contributed by atoms with Crippen LogP contribution in [-0.2, 0) is 20.4 Å². The van der Waals surface area contributed by atoms with Gasteiger partial charge in [-0.25, -0.2) is 4.72 Å². The summed E-state index contributed by atoms with van der Waals surface area (Å²) in [5, 5.41) is 9.13. The molecule has 0 saturated heterocycles. The normalized spacial score (nSPS) is 17.2. The van der Waals surface area contributed by atoms with E-state index in [1.807, 2.05) is 0 Å². The molecule has 7 heteroatoms. The van der Waals surface area contributed by atoms with E-state index in [0.717, 1.165) is 0 Å². The Bertz CT molecular complexity index is 561. The highest BCUT2D eigenvalue weighted by Gasteiger charge is 2.51. The van der Waals surface area contributed by atoms with Gasteiger partial charge in [0, 0.05) is 12.7 Å². The number of nitrogens with one attached hydrogen (secondary N) is 2. The van der Waals surface area contributed by atoms with Crippen LogP contribution >= 0.6 is 0 Å². The molecule has 1 fully saturated rings. The lowest BCUT2D eigenvalue weighted by atomic mass is 9.96. The van der Waals surface area contributed by atoms with Gasteiger partial charge in [0.2, 0.25) is 0 Å². The van der Waals surface area contributed by atoms with Gasteiger partial charge in [-0.2, -0.15) is 8.42 Å². The standard InChI is InChI=1S/C11H14N2O4S/c1-12-18(16,17)13-9-4-2-8(3-5-9)11(6-7-11)10(14)15/h2-5,12-13H,6-7H2,1H3,(H,14,15). The van der Waals surface area contributed by atoms with E-state index in [0.29, 0.717) is 24.1 Å². The molecule has 0 aliphatic heterocycles. The van der Waals surface area contributed by atoms with Crippen LogP contribution in [0, 0.1) is 0 Å². The molecule has 18 heavy (non-hydrogen) atoms. The Balaban J connectivity index is 2.19. The molecule has 98 valence electrons. The maximum atomic E-state index is 11.3. The summed E-state index contributed by atoms with van der Waals surface area (Å²) < 4.78 is 27.0. The Labute approximate surface area is 105 Å². The van der Waals surface area contributed by atoms with Crippen LogP contribution in [0.3, 0.4) is 0 Å². The number of rotatable bonds is 5. The molecule has 1 aromatic rings. The van der Waals surface area contributed by atoms with E-state index in [9.17, 15) is 13.2 Å². The first-order valence-electron chi connectivity index (χ1n) is 5.45. The van der Waals surface area contributed by atoms with Crippen molar-refractivity contribution in [3.8, 4) is 0 Å². The molecule has 0 spiro atoms. The fraction of sp³-hybridized carbons (Fsp3) is 0.364. The predicted octanol–water partition coefficient (Wildman–Crippen LogP) is 0.679. The number of carboxylic acids is 1. The van der Waals surface area contributed by atoms with Gasteiger partial charge < -0.3 is 5.11 Å². The second-order valence-electron chi connectivity index (χ2n) is 4.27. The molecule has 0 unspecified atom stereocenters. The SMILES string of the molecule is CNS(=O)(=O)Nc1ccc(C2(C(=O)O)CC2)cc1. The van der Waals surface area contributed by atoms with Crippen molar-refractivity contribution in [1.82, 2.24) is 4.72 Å². The Hall–Kier alpha value is -1.60. The molecule has 0 aromatic heterocycles. The van der Waals surface area contributed by atoms with E-state index >= 15 is 0 Å². The molecule has 1 aliphatic carbocycles. The van der Waals surface area contributed by atoms with Crippen LogP contribution in [0.4, 0.5) is 5.69 Å². The lowest BCUT2D eigenvalue weighted by molar-refractivity contribution is -0.140. The summed E-state index contributed by atoms with van der Waals surface area (Å²) in [5.41, 5.74) is 0.345. The minimum absolute atomic E-state index is 0.397. The molecule has 0 bridgehead atoms. The van der Waals surface area contributed by atoms with Crippen LogP contribution in [0.5, 0.6) is 0 Å². The molecule has 0 radical (unpaired) electrons. The second kappa shape index (κ2) is 4.25. The van der Waals surface area contributed by atoms with Crippen LogP contribution in [0.1, 0.15) is 18.4 Å². The summed E-state index contributed by atoms with van der Waals surface area (Å²) in [6, 6.07) is 6.42. The van der Waals surface area contributed by atoms with Crippen molar-refractivity contribution in [3.05, 3.63) is 29.8 Å². The quantitative estimate of drug-likeness (QED) is 0.733. The van der Waals surface area contributed by atoms with E-state index < -0.39 is 21.6 Å². The predicted molar refractivity (Wildman–Crippen MR) is 66.6 cm³/mol. The number of hydrogen-bond acceptors (Lipinski definition) is 3. The first-order chi connectivity index (χ1) is 8.39. The van der Waals surface area contributed by atoms with Gasteiger partial charge in [-0.05, 0) is 30.5 Å². The fourth-order valence-electron chi connectivity index (χ4n) is 1.81. The van der Waals surface area contributed by atoms with E-state index in [-0.39, 0.29) is 0 Å². The van der Waals surface area contributed by atoms with E-state index in [4.69, 9.17) is 5.11 Å². The van der Waals surface area contributed by atoms with Gasteiger partial charge in [0.05, 0.1) is 5.41 Å². The minimum Gasteiger partial charge on any atom is -0.481 e. The zero-order valence-electron chi connectivity index (χ0n) is 9.80. The average molecular weight is 270 g/mol. The molecular weight excluding hydrogens is 256 g/mol. The summed E-state index contributed by atoms with van der Waals surface area (Å²) in [6.07, 6.45) is 1.26. The Morgan fingerprint density at radius 3 is 2.22 bits per heavy atom. The van der Waals surface area contributed by atoms with E-state index in [2.05, 4.69) is 9.44 Å². The van der Waals surface area contributed by atoms with Crippen LogP contribution in [0.15, 0.2) is 24.3 Å². The smallest absolute Gasteiger partial charge is 0.314 e. The first-order valence-corrected chi connectivity index (χ1v) is 6.93. The number of aliphatic carboxylic acids is 1. The highest BCUT2D eigenvalue weighted by molar-refractivity contribution is 7.90. The Kier molecular flexibility index (Phi) is 3.04. The molecule has 1 aliphatic rings. The van der Waals surface area contributed by atoms with Crippen molar-refractivity contribution in [1.29, 1.82) is 0 Å². The third kappa shape index (κ3) is 2.32. The number of carbonyl (C=O) groups is 1. The van der Waals surface area contributed by atoms with Gasteiger partial charge in [-0.1, -0.05) is 12.1 Å². The van der Waals surface area contributed by atoms with Gasteiger partial charge >= 0.3 is 5.97 Å². The summed E-state index contributed by atoms with van der Waals surface area (Å²) in [4.78, 5) is 11.1. The van der Waals surface area contributed by atoms with E-state index in [1.54, 1.807) is 24.3 Å². The van der Waals surface area contributed by atoms with Crippen molar-refractivity contribution in [2.75, 3.05) is 11.8 Å². The molecule has 0 amide bonds. The molecule has 1 aromatic carbocycles. The molecule has 2 rings (SSSR count). The summed E-state index contributed by atoms with van der Waals surface area (Å²) >= 11 is 0. The topological polar surface area (TPSA) is 95.5 Å². The molecule has 3 N–H and O–H groups in total. The zero-order valence-corrected chi connectivity index (χ0v) is 10.6. The van der Waals surface area contributed by atoms with Crippen molar-refractivity contribution < 1.29 is 18.3 Å². The van der Waals surface area contributed by atoms with Gasteiger partial charge in [-0.15, -0.1) is 0 Å². The van der Waals surface area contributed by atoms with Crippen LogP contribution in [0.25, 0.3) is 0 Å². The number of benzene rings is 1. The minimum atomic E-state index is -3.54. The van der Waals surface area contributed by atoms with Crippen molar-refractivity contribution >= 4 is 21.9 Å². The van der Waals surface area contributed by atoms with Crippen molar-refractivity contribution in [3.63, 3.8) is 0 Å². The molecular formula is C11H14N2O4S. The monoisotopic (exact) mass is 270 g/mol. The summed E-state index contributed by atoms with van der Waals surface area (Å²) in [6.45, 7) is 0. The Morgan fingerprint density at radius 1 is 1.28 bits per heavy atom. The van der Waals surface area contributed by atoms with Gasteiger partial charge in [0.15, 0.2) is 0 Å². The first kappa shape index (κ1) is 12.8. The number of anilines is 1. The maximum Gasteiger partial charge on any atom is 0.314 e. The third-order valence-corrected chi connectivity index (χ3v) is 4.16. The lowest BCUT2D eigenvalue weighted by Gasteiger charge is -2.11. The second-order valence-corrected chi connectivity index (χ2v) is 5.89. The molecule has 1 saturated carbocycles. The lowest BCUT2D eigenvalue weighted by Crippen LogP contribution is -2.26. The largest absolute Gasteiger partial charge is 0.481 e. The molecule has 0 heterocycles.